The summed E-state index contributed by atoms with van der Waals surface area (Å²) < 4.78 is 41.0. The monoisotopic (exact) mass is 716 g/mol. The largest absolute Gasteiger partial charge is 0.206 e. The van der Waals surface area contributed by atoms with Gasteiger partial charge in [-0.3, -0.25) is 0 Å². The molecule has 5 heteroatoms. The highest BCUT2D eigenvalue weighted by Gasteiger charge is 2.19. The predicted molar refractivity (Wildman–Crippen MR) is 221 cm³/mol. The highest BCUT2D eigenvalue weighted by molar-refractivity contribution is 7.00. The summed E-state index contributed by atoms with van der Waals surface area (Å²) in [4.78, 5) is 0. The van der Waals surface area contributed by atoms with Gasteiger partial charge in [-0.2, -0.15) is 8.75 Å². The molecule has 0 radical (unpaired) electrons. The Kier molecular flexibility index (Phi) is 10.1. The minimum atomic E-state index is -0.338. The molecule has 0 aliphatic carbocycles. The van der Waals surface area contributed by atoms with E-state index in [1.807, 2.05) is 36.4 Å². The van der Waals surface area contributed by atoms with Gasteiger partial charge in [-0.1, -0.05) is 137 Å². The molecule has 0 bridgehead atoms. The minimum absolute atomic E-state index is 0.338. The van der Waals surface area contributed by atoms with Gasteiger partial charge in [-0.05, 0) is 105 Å². The van der Waals surface area contributed by atoms with Gasteiger partial charge in [0.15, 0.2) is 0 Å². The lowest BCUT2D eigenvalue weighted by Gasteiger charge is -2.12. The van der Waals surface area contributed by atoms with Crippen LogP contribution in [-0.2, 0) is 12.8 Å². The van der Waals surface area contributed by atoms with Crippen molar-refractivity contribution in [2.45, 2.75) is 65.2 Å². The number of unbranched alkanes of at least 4 members (excludes halogenated alkanes) is 4. The summed E-state index contributed by atoms with van der Waals surface area (Å²) in [6.45, 7) is 4.45. The third kappa shape index (κ3) is 7.23. The van der Waals surface area contributed by atoms with Crippen LogP contribution in [0.25, 0.3) is 77.1 Å². The van der Waals surface area contributed by atoms with Crippen LogP contribution in [0.2, 0.25) is 0 Å². The summed E-state index contributed by atoms with van der Waals surface area (Å²) in [5.41, 5.74) is 9.54. The van der Waals surface area contributed by atoms with Crippen molar-refractivity contribution in [1.29, 1.82) is 0 Å². The van der Waals surface area contributed by atoms with E-state index >= 15 is 8.78 Å². The van der Waals surface area contributed by atoms with Crippen LogP contribution in [0.4, 0.5) is 8.78 Å². The molecule has 7 aromatic carbocycles. The van der Waals surface area contributed by atoms with Gasteiger partial charge in [0.2, 0.25) is 0 Å². The Bertz CT molecular complexity index is 2410. The highest BCUT2D eigenvalue weighted by atomic mass is 32.1. The summed E-state index contributed by atoms with van der Waals surface area (Å²) in [6.07, 6.45) is 9.50. The van der Waals surface area contributed by atoms with Gasteiger partial charge < -0.3 is 0 Å². The number of benzene rings is 7. The second-order valence-electron chi connectivity index (χ2n) is 14.2. The Balaban J connectivity index is 1.05. The second kappa shape index (κ2) is 15.4. The molecule has 0 saturated carbocycles. The van der Waals surface area contributed by atoms with Crippen molar-refractivity contribution < 1.29 is 8.78 Å². The van der Waals surface area contributed by atoms with Crippen LogP contribution in [-0.4, -0.2) is 8.75 Å². The van der Waals surface area contributed by atoms with Crippen LogP contribution >= 0.6 is 11.7 Å². The Labute approximate surface area is 314 Å². The first-order valence-corrected chi connectivity index (χ1v) is 19.6. The molecule has 53 heavy (non-hydrogen) atoms. The molecule has 264 valence electrons. The van der Waals surface area contributed by atoms with Crippen LogP contribution in [0.5, 0.6) is 0 Å². The minimum Gasteiger partial charge on any atom is -0.206 e. The van der Waals surface area contributed by atoms with E-state index in [2.05, 4.69) is 95.4 Å². The molecule has 0 amide bonds. The SMILES string of the molecule is CCCCCc1ccc2cc(-c3ccc(-c4ccc(-c5ccc(-c6ccc7cc(CCCCC)ccc7c6)cc5F)c5nsnc45)c(F)c3)ccc2c1. The van der Waals surface area contributed by atoms with Crippen LogP contribution < -0.4 is 0 Å². The Morgan fingerprint density at radius 3 is 1.23 bits per heavy atom. The topological polar surface area (TPSA) is 25.8 Å². The van der Waals surface area contributed by atoms with Crippen LogP contribution in [0, 0.1) is 11.6 Å². The molecule has 0 atom stereocenters. The van der Waals surface area contributed by atoms with Gasteiger partial charge in [0.1, 0.15) is 22.7 Å². The average Bonchev–Trinajstić information content (AvgIpc) is 3.68. The fraction of sp³-hybridized carbons (Fsp3) is 0.208. The lowest BCUT2D eigenvalue weighted by atomic mass is 9.93. The third-order valence-electron chi connectivity index (χ3n) is 10.5. The molecule has 1 aromatic heterocycles. The van der Waals surface area contributed by atoms with Gasteiger partial charge in [-0.15, -0.1) is 0 Å². The highest BCUT2D eigenvalue weighted by Crippen LogP contribution is 2.39. The Morgan fingerprint density at radius 2 is 0.792 bits per heavy atom. The van der Waals surface area contributed by atoms with E-state index in [4.69, 9.17) is 0 Å². The fourth-order valence-electron chi connectivity index (χ4n) is 7.55. The number of hydrogen-bond donors (Lipinski definition) is 0. The number of aromatic nitrogens is 2. The quantitative estimate of drug-likeness (QED) is 0.118. The normalized spacial score (nSPS) is 11.6. The van der Waals surface area contributed by atoms with E-state index in [0.717, 1.165) is 57.6 Å². The van der Waals surface area contributed by atoms with Crippen molar-refractivity contribution in [1.82, 2.24) is 8.75 Å². The Hall–Kier alpha value is -5.26. The second-order valence-corrected chi connectivity index (χ2v) is 14.7. The molecule has 0 aliphatic heterocycles. The molecule has 8 rings (SSSR count). The van der Waals surface area contributed by atoms with Crippen molar-refractivity contribution in [2.75, 3.05) is 0 Å². The number of aryl methyl sites for hydroxylation is 2. The molecule has 8 aromatic rings. The molecular weight excluding hydrogens is 675 g/mol. The van der Waals surface area contributed by atoms with Crippen molar-refractivity contribution in [3.05, 3.63) is 144 Å². The molecule has 0 saturated heterocycles. The number of halogens is 2. The summed E-state index contributed by atoms with van der Waals surface area (Å²) in [7, 11) is 0. The maximum Gasteiger partial charge on any atom is 0.131 e. The first-order valence-electron chi connectivity index (χ1n) is 18.9. The van der Waals surface area contributed by atoms with Crippen molar-refractivity contribution in [3.63, 3.8) is 0 Å². The summed E-state index contributed by atoms with van der Waals surface area (Å²) >= 11 is 1.05. The van der Waals surface area contributed by atoms with E-state index in [1.54, 1.807) is 12.1 Å². The number of hydrogen-bond acceptors (Lipinski definition) is 3. The summed E-state index contributed by atoms with van der Waals surface area (Å²) in [6, 6.07) is 40.3. The third-order valence-corrected chi connectivity index (χ3v) is 11.1. The number of nitrogens with zero attached hydrogens (tertiary/aromatic N) is 2. The van der Waals surface area contributed by atoms with Crippen LogP contribution in [0.15, 0.2) is 121 Å². The lowest BCUT2D eigenvalue weighted by molar-refractivity contribution is 0.631. The fourth-order valence-corrected chi connectivity index (χ4v) is 8.12. The van der Waals surface area contributed by atoms with Gasteiger partial charge in [0.05, 0.1) is 11.7 Å². The van der Waals surface area contributed by atoms with Gasteiger partial charge in [0, 0.05) is 22.3 Å². The van der Waals surface area contributed by atoms with E-state index in [-0.39, 0.29) is 11.6 Å². The molecule has 2 nitrogen and oxygen atoms in total. The molecular formula is C48H42F2N2S. The maximum absolute atomic E-state index is 15.9. The molecule has 0 unspecified atom stereocenters. The van der Waals surface area contributed by atoms with E-state index < -0.39 is 0 Å². The van der Waals surface area contributed by atoms with E-state index in [1.165, 1.54) is 60.4 Å². The van der Waals surface area contributed by atoms with Crippen molar-refractivity contribution >= 4 is 44.3 Å². The van der Waals surface area contributed by atoms with Gasteiger partial charge in [-0.25, -0.2) is 8.78 Å². The standard InChI is InChI=1S/C48H42F2N2S/c1-3-5-7-9-31-11-13-35-27-37(17-15-33(35)25-31)39-19-21-41(45(49)29-39)43-23-24-44(48-47(43)51-53-52-48)42-22-20-40(30-46(42)50)38-18-16-34-26-32(10-8-6-4-2)12-14-36(34)28-38/h11-30H,3-10H2,1-2H3. The van der Waals surface area contributed by atoms with Crippen LogP contribution in [0.3, 0.4) is 0 Å². The average molecular weight is 717 g/mol. The number of rotatable bonds is 12. The van der Waals surface area contributed by atoms with E-state index in [9.17, 15) is 0 Å². The number of fused-ring (bicyclic) bond motifs is 3. The first kappa shape index (κ1) is 34.8. The van der Waals surface area contributed by atoms with Crippen molar-refractivity contribution in [2.24, 2.45) is 0 Å². The zero-order valence-corrected chi connectivity index (χ0v) is 31.1. The van der Waals surface area contributed by atoms with Gasteiger partial charge >= 0.3 is 0 Å². The molecule has 0 fully saturated rings. The molecule has 0 spiro atoms. The van der Waals surface area contributed by atoms with Crippen LogP contribution in [0.1, 0.15) is 63.5 Å². The molecule has 0 aliphatic rings. The zero-order valence-electron chi connectivity index (χ0n) is 30.3. The van der Waals surface area contributed by atoms with E-state index in [0.29, 0.717) is 33.3 Å². The van der Waals surface area contributed by atoms with Crippen molar-refractivity contribution in [3.8, 4) is 44.5 Å². The van der Waals surface area contributed by atoms with Gasteiger partial charge in [0.25, 0.3) is 0 Å². The predicted octanol–water partition coefficient (Wildman–Crippen LogP) is 14.4. The molecule has 1 heterocycles. The summed E-state index contributed by atoms with van der Waals surface area (Å²) in [5.74, 6) is -0.677. The smallest absolute Gasteiger partial charge is 0.131 e. The maximum atomic E-state index is 15.9. The lowest BCUT2D eigenvalue weighted by Crippen LogP contribution is -1.92. The molecule has 0 N–H and O–H groups in total. The summed E-state index contributed by atoms with van der Waals surface area (Å²) in [5, 5.41) is 4.68. The zero-order chi connectivity index (χ0) is 36.3. The Morgan fingerprint density at radius 1 is 0.415 bits per heavy atom. The first-order chi connectivity index (χ1) is 26.0.